The van der Waals surface area contributed by atoms with E-state index in [9.17, 15) is 0 Å². The maximum atomic E-state index is 2.43. The highest BCUT2D eigenvalue weighted by Gasteiger charge is 2.37. The lowest BCUT2D eigenvalue weighted by atomic mass is 9.83. The molecule has 0 saturated heterocycles. The van der Waals surface area contributed by atoms with Gasteiger partial charge in [0.05, 0.1) is 0 Å². The molecule has 0 radical (unpaired) electrons. The van der Waals surface area contributed by atoms with Gasteiger partial charge in [0.25, 0.3) is 0 Å². The molecule has 30 aliphatic carbocycles. The minimum atomic E-state index is 0. The van der Waals surface area contributed by atoms with E-state index in [4.69, 9.17) is 0 Å². The number of hydrogen-bond donors (Lipinski definition) is 0. The fourth-order valence-electron chi connectivity index (χ4n) is 12.5. The molecule has 4 unspecified atom stereocenters. The largest absolute Gasteiger partial charge is 0.0851 e. The average molecular weight is 1330 g/mol. The summed E-state index contributed by atoms with van der Waals surface area (Å²) in [4.78, 5) is 0. The van der Waals surface area contributed by atoms with Crippen LogP contribution in [-0.4, -0.2) is 0 Å². The Morgan fingerprint density at radius 2 is 0.323 bits per heavy atom. The lowest BCUT2D eigenvalue weighted by Gasteiger charge is -2.21. The molecule has 0 N–H and O–H groups in total. The predicted octanol–water partition coefficient (Wildman–Crippen LogP) is 34.0. The third-order valence-corrected chi connectivity index (χ3v) is 16.5. The first kappa shape index (κ1) is 92.7. The van der Waals surface area contributed by atoms with Gasteiger partial charge in [0.2, 0.25) is 0 Å². The van der Waals surface area contributed by atoms with Gasteiger partial charge in [-0.15, -0.1) is 0 Å². The molecular formula is C99H138. The molecule has 1 saturated carbocycles. The highest BCUT2D eigenvalue weighted by atomic mass is 14.4. The van der Waals surface area contributed by atoms with Gasteiger partial charge >= 0.3 is 0 Å². The molecule has 0 heteroatoms. The predicted molar refractivity (Wildman–Crippen MR) is 460 cm³/mol. The smallest absolute Gasteiger partial charge is 0.00363 e. The van der Waals surface area contributed by atoms with E-state index in [2.05, 4.69) is 269 Å². The van der Waals surface area contributed by atoms with Gasteiger partial charge in [0, 0.05) is 11.8 Å². The van der Waals surface area contributed by atoms with E-state index in [1.165, 1.54) is 143 Å². The van der Waals surface area contributed by atoms with Gasteiger partial charge in [-0.05, 0) is 160 Å². The number of allylic oxidation sites excluding steroid dienone is 4. The van der Waals surface area contributed by atoms with Crippen LogP contribution in [0.3, 0.4) is 0 Å². The maximum Gasteiger partial charge on any atom is 0.00363 e. The zero-order chi connectivity index (χ0) is 70.2. The molecular weight excluding hydrogens is 1190 g/mol. The van der Waals surface area contributed by atoms with E-state index in [0.717, 1.165) is 11.8 Å². The van der Waals surface area contributed by atoms with Crippen LogP contribution in [0.1, 0.15) is 237 Å². The van der Waals surface area contributed by atoms with Crippen LogP contribution in [0.4, 0.5) is 0 Å². The number of hydrogen-bond acceptors (Lipinski definition) is 0. The SMILES string of the molecule is C.C.C.C.C1=CC2CC1c1c3ccc(c12)-c1ccc(cc1)-c1ccc(cc1)-c1ccc(cc1)-c1ccc-3cc1.C1=CC2CCC1C2.CC.CC.CC.CC.CC.CC.CC.CC.CC.CC.CCC.c1cc2ccc1-c1ccc(cc1)-c1ccc(cc1)-c1ccc(cc1)-c1ccc-2cc1. The van der Waals surface area contributed by atoms with Crippen LogP contribution in [0.15, 0.2) is 255 Å². The van der Waals surface area contributed by atoms with Crippen LogP contribution in [0.2, 0.25) is 0 Å². The first-order chi connectivity index (χ1) is 47.0. The Balaban J connectivity index is 0. The quantitative estimate of drug-likeness (QED) is 0.133. The molecule has 0 spiro atoms. The summed E-state index contributed by atoms with van der Waals surface area (Å²) in [7, 11) is 0. The summed E-state index contributed by atoms with van der Waals surface area (Å²) in [6.45, 7) is 44.2. The van der Waals surface area contributed by atoms with Crippen molar-refractivity contribution in [1.82, 2.24) is 0 Å². The fourth-order valence-corrected chi connectivity index (χ4v) is 12.5. The van der Waals surface area contributed by atoms with Crippen LogP contribution in [-0.2, 0) is 0 Å². The summed E-state index contributed by atoms with van der Waals surface area (Å²) in [5.74, 6) is 3.05. The second-order valence-electron chi connectivity index (χ2n) is 21.4. The van der Waals surface area contributed by atoms with Gasteiger partial charge in [-0.3, -0.25) is 0 Å². The van der Waals surface area contributed by atoms with E-state index < -0.39 is 0 Å². The van der Waals surface area contributed by atoms with Crippen molar-refractivity contribution in [3.63, 3.8) is 0 Å². The average Bonchev–Trinajstić information content (AvgIpc) is 1.61. The lowest BCUT2D eigenvalue weighted by molar-refractivity contribution is 0.691. The summed E-state index contributed by atoms with van der Waals surface area (Å²) >= 11 is 0. The Hall–Kier alpha value is -8.32. The number of rotatable bonds is 0. The monoisotopic (exact) mass is 1330 g/mol. The molecule has 10 aromatic carbocycles. The minimum Gasteiger partial charge on any atom is -0.0851 e. The van der Waals surface area contributed by atoms with Crippen LogP contribution < -0.4 is 0 Å². The van der Waals surface area contributed by atoms with Crippen LogP contribution >= 0.6 is 0 Å². The Bertz CT molecular complexity index is 3170. The Morgan fingerprint density at radius 3 is 0.434 bits per heavy atom. The second-order valence-corrected chi connectivity index (χ2v) is 21.4. The third kappa shape index (κ3) is 23.9. The van der Waals surface area contributed by atoms with Crippen LogP contribution in [0, 0.1) is 11.8 Å². The lowest BCUT2D eigenvalue weighted by Crippen LogP contribution is -2.00. The zero-order valence-corrected chi connectivity index (χ0v) is 63.1. The van der Waals surface area contributed by atoms with E-state index in [1.807, 2.05) is 138 Å². The molecule has 0 aromatic heterocycles. The highest BCUT2D eigenvalue weighted by Crippen LogP contribution is 2.55. The van der Waals surface area contributed by atoms with Crippen molar-refractivity contribution in [2.45, 2.75) is 226 Å². The Kier molecular flexibility index (Phi) is 48.5. The van der Waals surface area contributed by atoms with E-state index in [-0.39, 0.29) is 29.7 Å². The van der Waals surface area contributed by atoms with E-state index in [1.54, 1.807) is 11.1 Å². The molecule has 534 valence electrons. The van der Waals surface area contributed by atoms with Crippen molar-refractivity contribution in [1.29, 1.82) is 0 Å². The van der Waals surface area contributed by atoms with Crippen molar-refractivity contribution >= 4 is 0 Å². The van der Waals surface area contributed by atoms with Crippen LogP contribution in [0.25, 0.3) is 111 Å². The van der Waals surface area contributed by atoms with E-state index in [0.29, 0.717) is 11.8 Å². The summed E-state index contributed by atoms with van der Waals surface area (Å²) in [6, 6.07) is 85.2. The molecule has 0 aliphatic heterocycles. The summed E-state index contributed by atoms with van der Waals surface area (Å²) in [6.07, 6.45) is 16.5. The molecule has 4 atom stereocenters. The normalized spacial score (nSPS) is 13.8. The standard InChI is InChI=1S/C35H24.C30H20.C7H10.C3H8.10C2H6.4CH4/c1-5-24-6-2-22(1)23-3-7-25(8-4-23)27-11-15-29(16-12-27)33-20-19-32(28-13-9-26(24)10-14-28)34-30-17-18-31(21-30)35(33)34;1-2-22-4-3-21(1)23-5-7-25(8-6-23)27-13-15-29(16-14-27)30-19-17-28(18-20-30)26-11-9-24(22)10-12-26;1-2-7-4-3-6(1)5-7;1-3-2;10*1-2;;;;/h1-20,30-31H,21H2;1-20H;1-2,6-7H,3-5H2;3H2,1-2H3;10*1-2H3;4*1H4. The van der Waals surface area contributed by atoms with E-state index >= 15 is 0 Å². The molecule has 99 heavy (non-hydrogen) atoms. The third-order valence-electron chi connectivity index (χ3n) is 16.5. The van der Waals surface area contributed by atoms with Gasteiger partial charge in [-0.25, -0.2) is 0 Å². The summed E-state index contributed by atoms with van der Waals surface area (Å²) in [5.41, 5.74) is 28.5. The van der Waals surface area contributed by atoms with Crippen molar-refractivity contribution in [2.24, 2.45) is 11.8 Å². The van der Waals surface area contributed by atoms with Crippen molar-refractivity contribution in [2.75, 3.05) is 0 Å². The van der Waals surface area contributed by atoms with Gasteiger partial charge < -0.3 is 0 Å². The first-order valence-electron chi connectivity index (χ1n) is 37.5. The highest BCUT2D eigenvalue weighted by molar-refractivity contribution is 5.85. The van der Waals surface area contributed by atoms with Gasteiger partial charge in [-0.2, -0.15) is 0 Å². The zero-order valence-electron chi connectivity index (χ0n) is 63.1. The molecule has 0 heterocycles. The van der Waals surface area contributed by atoms with Crippen molar-refractivity contribution < 1.29 is 0 Å². The molecule has 1 fully saturated rings. The number of benzene rings is 10. The Morgan fingerprint density at radius 1 is 0.192 bits per heavy atom. The summed E-state index contributed by atoms with van der Waals surface area (Å²) in [5, 5.41) is 0. The molecule has 0 amide bonds. The molecule has 30 aliphatic rings. The minimum absolute atomic E-state index is 0. The van der Waals surface area contributed by atoms with Crippen molar-refractivity contribution in [3.8, 4) is 111 Å². The molecule has 0 nitrogen and oxygen atoms in total. The van der Waals surface area contributed by atoms with Gasteiger partial charge in [-0.1, -0.05) is 443 Å². The molecule has 10 aromatic rings. The number of fused-ring (bicyclic) bond motifs is 4. The van der Waals surface area contributed by atoms with Crippen LogP contribution in [0.5, 0.6) is 0 Å². The summed E-state index contributed by atoms with van der Waals surface area (Å²) < 4.78 is 0. The van der Waals surface area contributed by atoms with Gasteiger partial charge in [0.1, 0.15) is 0 Å². The first-order valence-corrected chi connectivity index (χ1v) is 37.5. The molecule has 40 rings (SSSR count). The topological polar surface area (TPSA) is 0 Å². The fraction of sp³-hybridized carbons (Fsp3) is 0.354. The molecule has 24 bridgehead atoms. The van der Waals surface area contributed by atoms with Gasteiger partial charge in [0.15, 0.2) is 0 Å². The second kappa shape index (κ2) is 51.8. The maximum absolute atomic E-state index is 2.43. The van der Waals surface area contributed by atoms with Crippen molar-refractivity contribution in [3.05, 3.63) is 266 Å². The Labute approximate surface area is 611 Å².